The third-order valence-corrected chi connectivity index (χ3v) is 3.79. The van der Waals surface area contributed by atoms with Gasteiger partial charge in [0.05, 0.1) is 0 Å². The zero-order chi connectivity index (χ0) is 15.1. The first-order chi connectivity index (χ1) is 10.2. The quantitative estimate of drug-likeness (QED) is 0.500. The molecule has 0 N–H and O–H groups in total. The lowest BCUT2D eigenvalue weighted by Gasteiger charge is -2.06. The van der Waals surface area contributed by atoms with Crippen molar-refractivity contribution >= 4 is 12.6 Å². The Bertz CT molecular complexity index is 650. The second kappa shape index (κ2) is 7.90. The second-order valence-corrected chi connectivity index (χ2v) is 5.66. The van der Waals surface area contributed by atoms with Gasteiger partial charge in [-0.2, -0.15) is 0 Å². The van der Waals surface area contributed by atoms with E-state index in [4.69, 9.17) is 0 Å². The highest BCUT2D eigenvalue weighted by molar-refractivity contribution is 7.80. The molecule has 0 aromatic heterocycles. The van der Waals surface area contributed by atoms with Crippen molar-refractivity contribution in [3.05, 3.63) is 77.9 Å². The highest BCUT2D eigenvalue weighted by Gasteiger charge is 2.01. The molecular formula is C20H22S. The SMILES string of the molecule is CC/C=C(C)\C=C/Cc1cccc(-c2ccccc2S)c1. The van der Waals surface area contributed by atoms with Crippen LogP contribution in [-0.4, -0.2) is 0 Å². The van der Waals surface area contributed by atoms with Crippen molar-refractivity contribution in [3.63, 3.8) is 0 Å². The minimum Gasteiger partial charge on any atom is -0.143 e. The van der Waals surface area contributed by atoms with Gasteiger partial charge >= 0.3 is 0 Å². The zero-order valence-electron chi connectivity index (χ0n) is 12.7. The Balaban J connectivity index is 2.15. The Kier molecular flexibility index (Phi) is 5.89. The molecule has 0 radical (unpaired) electrons. The van der Waals surface area contributed by atoms with Crippen molar-refractivity contribution in [1.82, 2.24) is 0 Å². The molecule has 0 nitrogen and oxygen atoms in total. The number of allylic oxidation sites excluding steroid dienone is 4. The largest absolute Gasteiger partial charge is 0.143 e. The van der Waals surface area contributed by atoms with E-state index in [0.29, 0.717) is 0 Å². The van der Waals surface area contributed by atoms with Crippen LogP contribution in [0.2, 0.25) is 0 Å². The summed E-state index contributed by atoms with van der Waals surface area (Å²) >= 11 is 4.54. The molecule has 0 aliphatic heterocycles. The van der Waals surface area contributed by atoms with Gasteiger partial charge in [-0.25, -0.2) is 0 Å². The zero-order valence-corrected chi connectivity index (χ0v) is 13.6. The van der Waals surface area contributed by atoms with Gasteiger partial charge in [-0.15, -0.1) is 12.6 Å². The maximum Gasteiger partial charge on any atom is 0.0119 e. The van der Waals surface area contributed by atoms with Gasteiger partial charge in [-0.05, 0) is 42.5 Å². The molecule has 0 aliphatic carbocycles. The molecule has 2 rings (SSSR count). The van der Waals surface area contributed by atoms with Crippen LogP contribution >= 0.6 is 12.6 Å². The van der Waals surface area contributed by atoms with Gasteiger partial charge in [-0.1, -0.05) is 73.2 Å². The summed E-state index contributed by atoms with van der Waals surface area (Å²) < 4.78 is 0. The van der Waals surface area contributed by atoms with Crippen LogP contribution in [0, 0.1) is 0 Å². The average Bonchev–Trinajstić information content (AvgIpc) is 2.48. The Labute approximate surface area is 133 Å². The molecule has 0 spiro atoms. The van der Waals surface area contributed by atoms with E-state index in [1.165, 1.54) is 22.3 Å². The minimum atomic E-state index is 0.956. The Hall–Kier alpha value is -1.73. The Morgan fingerprint density at radius 3 is 2.67 bits per heavy atom. The maximum atomic E-state index is 4.54. The van der Waals surface area contributed by atoms with Crippen molar-refractivity contribution in [1.29, 1.82) is 0 Å². The predicted molar refractivity (Wildman–Crippen MR) is 96.0 cm³/mol. The highest BCUT2D eigenvalue weighted by Crippen LogP contribution is 2.26. The summed E-state index contributed by atoms with van der Waals surface area (Å²) in [6.07, 6.45) is 8.71. The van der Waals surface area contributed by atoms with E-state index in [1.807, 2.05) is 12.1 Å². The Morgan fingerprint density at radius 1 is 1.10 bits per heavy atom. The number of rotatable bonds is 5. The van der Waals surface area contributed by atoms with Gasteiger partial charge in [0.1, 0.15) is 0 Å². The molecule has 0 saturated carbocycles. The summed E-state index contributed by atoms with van der Waals surface area (Å²) in [5.41, 5.74) is 5.07. The fourth-order valence-corrected chi connectivity index (χ4v) is 2.64. The van der Waals surface area contributed by atoms with Crippen molar-refractivity contribution in [2.24, 2.45) is 0 Å². The summed E-state index contributed by atoms with van der Waals surface area (Å²) in [6, 6.07) is 16.9. The molecule has 2 aromatic carbocycles. The lowest BCUT2D eigenvalue weighted by atomic mass is 10.0. The minimum absolute atomic E-state index is 0.956. The van der Waals surface area contributed by atoms with Crippen LogP contribution in [0.4, 0.5) is 0 Å². The third-order valence-electron chi connectivity index (χ3n) is 3.40. The number of hydrogen-bond donors (Lipinski definition) is 1. The van der Waals surface area contributed by atoms with Crippen LogP contribution < -0.4 is 0 Å². The lowest BCUT2D eigenvalue weighted by Crippen LogP contribution is -1.85. The number of thiol groups is 1. The number of benzene rings is 2. The smallest absolute Gasteiger partial charge is 0.0119 e. The van der Waals surface area contributed by atoms with Gasteiger partial charge in [0, 0.05) is 4.90 Å². The normalized spacial score (nSPS) is 12.0. The third kappa shape index (κ3) is 4.64. The second-order valence-electron chi connectivity index (χ2n) is 5.18. The molecule has 2 aromatic rings. The molecule has 108 valence electrons. The fourth-order valence-electron chi connectivity index (χ4n) is 2.35. The van der Waals surface area contributed by atoms with Crippen molar-refractivity contribution < 1.29 is 0 Å². The Morgan fingerprint density at radius 2 is 1.90 bits per heavy atom. The summed E-state index contributed by atoms with van der Waals surface area (Å²) in [6.45, 7) is 4.31. The molecule has 0 aliphatic rings. The van der Waals surface area contributed by atoms with Gasteiger partial charge in [-0.3, -0.25) is 0 Å². The summed E-state index contributed by atoms with van der Waals surface area (Å²) in [5.74, 6) is 0. The molecular weight excluding hydrogens is 272 g/mol. The molecule has 0 unspecified atom stereocenters. The summed E-state index contributed by atoms with van der Waals surface area (Å²) in [7, 11) is 0. The summed E-state index contributed by atoms with van der Waals surface area (Å²) in [5, 5.41) is 0. The standard InChI is InChI=1S/C20H22S/c1-3-8-16(2)9-6-10-17-11-7-12-18(15-17)19-13-4-5-14-20(19)21/h4-9,11-15,21H,3,10H2,1-2H3/b9-6-,16-8-. The molecule has 0 atom stereocenters. The molecule has 0 saturated heterocycles. The van der Waals surface area contributed by atoms with Crippen LogP contribution in [0.1, 0.15) is 25.8 Å². The van der Waals surface area contributed by atoms with Crippen LogP contribution in [0.25, 0.3) is 11.1 Å². The van der Waals surface area contributed by atoms with Gasteiger partial charge in [0.25, 0.3) is 0 Å². The monoisotopic (exact) mass is 294 g/mol. The van der Waals surface area contributed by atoms with Gasteiger partial charge < -0.3 is 0 Å². The van der Waals surface area contributed by atoms with E-state index >= 15 is 0 Å². The van der Waals surface area contributed by atoms with Crippen molar-refractivity contribution in [2.45, 2.75) is 31.6 Å². The van der Waals surface area contributed by atoms with Crippen molar-refractivity contribution in [2.75, 3.05) is 0 Å². The summed E-state index contributed by atoms with van der Waals surface area (Å²) in [4.78, 5) is 1.02. The van der Waals surface area contributed by atoms with Gasteiger partial charge in [0.2, 0.25) is 0 Å². The topological polar surface area (TPSA) is 0 Å². The van der Waals surface area contributed by atoms with E-state index in [2.05, 4.69) is 81.1 Å². The van der Waals surface area contributed by atoms with Crippen molar-refractivity contribution in [3.8, 4) is 11.1 Å². The molecule has 1 heteroatoms. The van der Waals surface area contributed by atoms with E-state index in [1.54, 1.807) is 0 Å². The van der Waals surface area contributed by atoms with Crippen LogP contribution in [0.5, 0.6) is 0 Å². The molecule has 0 fully saturated rings. The van der Waals surface area contributed by atoms with Crippen LogP contribution in [-0.2, 0) is 6.42 Å². The average molecular weight is 294 g/mol. The van der Waals surface area contributed by atoms with Gasteiger partial charge in [0.15, 0.2) is 0 Å². The first kappa shape index (κ1) is 15.7. The predicted octanol–water partition coefficient (Wildman–Crippen LogP) is 6.10. The van der Waals surface area contributed by atoms with Crippen LogP contribution in [0.15, 0.2) is 77.2 Å². The first-order valence-electron chi connectivity index (χ1n) is 7.41. The fraction of sp³-hybridized carbons (Fsp3) is 0.200. The van der Waals surface area contributed by atoms with E-state index in [0.717, 1.165) is 17.7 Å². The number of hydrogen-bond acceptors (Lipinski definition) is 1. The first-order valence-corrected chi connectivity index (χ1v) is 7.86. The molecule has 0 heterocycles. The molecule has 0 amide bonds. The lowest BCUT2D eigenvalue weighted by molar-refractivity contribution is 1.19. The maximum absolute atomic E-state index is 4.54. The van der Waals surface area contributed by atoms with E-state index in [9.17, 15) is 0 Å². The van der Waals surface area contributed by atoms with E-state index < -0.39 is 0 Å². The highest BCUT2D eigenvalue weighted by atomic mass is 32.1. The molecule has 21 heavy (non-hydrogen) atoms. The van der Waals surface area contributed by atoms with E-state index in [-0.39, 0.29) is 0 Å². The molecule has 0 bridgehead atoms. The van der Waals surface area contributed by atoms with Crippen LogP contribution in [0.3, 0.4) is 0 Å².